The number of ether oxygens (including phenoxy) is 1. The Hall–Kier alpha value is -1.10. The summed E-state index contributed by atoms with van der Waals surface area (Å²) in [6, 6.07) is 6.39. The van der Waals surface area contributed by atoms with Gasteiger partial charge in [0.1, 0.15) is 17.4 Å². The molecule has 1 aromatic carbocycles. The third-order valence-corrected chi connectivity index (χ3v) is 4.38. The zero-order valence-corrected chi connectivity index (χ0v) is 12.9. The average molecular weight is 309 g/mol. The van der Waals surface area contributed by atoms with Gasteiger partial charge in [0.2, 0.25) is 0 Å². The van der Waals surface area contributed by atoms with Crippen LogP contribution in [0.2, 0.25) is 5.02 Å². The van der Waals surface area contributed by atoms with Crippen molar-refractivity contribution in [1.29, 1.82) is 0 Å². The van der Waals surface area contributed by atoms with E-state index in [2.05, 4.69) is 15.7 Å². The lowest BCUT2D eigenvalue weighted by atomic mass is 10.2. The molecule has 0 radical (unpaired) electrons. The molecule has 1 saturated carbocycles. The second kappa shape index (κ2) is 6.12. The zero-order valence-electron chi connectivity index (χ0n) is 11.4. The summed E-state index contributed by atoms with van der Waals surface area (Å²) in [5, 5.41) is 7.34. The number of halogens is 1. The van der Waals surface area contributed by atoms with Crippen LogP contribution in [0, 0.1) is 6.92 Å². The minimum Gasteiger partial charge on any atom is -0.487 e. The van der Waals surface area contributed by atoms with Gasteiger partial charge < -0.3 is 10.1 Å². The van der Waals surface area contributed by atoms with Gasteiger partial charge >= 0.3 is 0 Å². The van der Waals surface area contributed by atoms with Gasteiger partial charge in [-0.15, -0.1) is 11.3 Å². The number of nitrogens with zero attached hydrogens (tertiary/aromatic N) is 1. The number of benzene rings is 1. The van der Waals surface area contributed by atoms with E-state index >= 15 is 0 Å². The number of rotatable bonds is 6. The third-order valence-electron chi connectivity index (χ3n) is 3.24. The molecule has 20 heavy (non-hydrogen) atoms. The van der Waals surface area contributed by atoms with Gasteiger partial charge in [-0.05, 0) is 37.5 Å². The maximum atomic E-state index is 5.98. The lowest BCUT2D eigenvalue weighted by molar-refractivity contribution is 0.300. The fraction of sp³-hybridized carbons (Fsp3) is 0.400. The van der Waals surface area contributed by atoms with Crippen molar-refractivity contribution in [2.24, 2.45) is 0 Å². The zero-order chi connectivity index (χ0) is 13.9. The van der Waals surface area contributed by atoms with Crippen molar-refractivity contribution < 1.29 is 4.74 Å². The highest BCUT2D eigenvalue weighted by Gasteiger charge is 2.20. The van der Waals surface area contributed by atoms with Crippen molar-refractivity contribution in [2.75, 3.05) is 0 Å². The van der Waals surface area contributed by atoms with Crippen LogP contribution in [0.25, 0.3) is 0 Å². The first-order valence-electron chi connectivity index (χ1n) is 6.76. The van der Waals surface area contributed by atoms with E-state index in [-0.39, 0.29) is 0 Å². The lowest BCUT2D eigenvalue weighted by Gasteiger charge is -2.07. The molecule has 1 fully saturated rings. The molecule has 5 heteroatoms. The first kappa shape index (κ1) is 13.9. The summed E-state index contributed by atoms with van der Waals surface area (Å²) < 4.78 is 5.79. The molecule has 3 nitrogen and oxygen atoms in total. The molecule has 1 aliphatic rings. The van der Waals surface area contributed by atoms with Crippen molar-refractivity contribution in [3.63, 3.8) is 0 Å². The highest BCUT2D eigenvalue weighted by molar-refractivity contribution is 7.09. The van der Waals surface area contributed by atoms with Gasteiger partial charge in [-0.25, -0.2) is 4.98 Å². The number of nitrogens with one attached hydrogen (secondary N) is 1. The fourth-order valence-corrected chi connectivity index (χ4v) is 2.79. The predicted molar refractivity (Wildman–Crippen MR) is 82.5 cm³/mol. The molecular weight excluding hydrogens is 292 g/mol. The molecule has 0 bridgehead atoms. The molecule has 0 aliphatic heterocycles. The van der Waals surface area contributed by atoms with E-state index in [1.165, 1.54) is 12.8 Å². The Morgan fingerprint density at radius 1 is 1.45 bits per heavy atom. The van der Waals surface area contributed by atoms with Crippen LogP contribution in [0.1, 0.15) is 29.1 Å². The highest BCUT2D eigenvalue weighted by Crippen LogP contribution is 2.24. The topological polar surface area (TPSA) is 34.1 Å². The number of aromatic nitrogens is 1. The van der Waals surface area contributed by atoms with Crippen LogP contribution in [-0.4, -0.2) is 11.0 Å². The molecule has 1 heterocycles. The first-order chi connectivity index (χ1) is 9.70. The SMILES string of the molecule is Cc1ccc(Cl)cc1OCc1csc(CNC2CC2)n1. The van der Waals surface area contributed by atoms with Gasteiger partial charge in [0.15, 0.2) is 0 Å². The molecule has 1 aliphatic carbocycles. The van der Waals surface area contributed by atoms with Gasteiger partial charge in [0.25, 0.3) is 0 Å². The van der Waals surface area contributed by atoms with Crippen LogP contribution in [-0.2, 0) is 13.2 Å². The molecule has 0 amide bonds. The van der Waals surface area contributed by atoms with Crippen molar-refractivity contribution in [3.05, 3.63) is 44.9 Å². The summed E-state index contributed by atoms with van der Waals surface area (Å²) in [5.74, 6) is 0.822. The summed E-state index contributed by atoms with van der Waals surface area (Å²) in [5.41, 5.74) is 2.06. The highest BCUT2D eigenvalue weighted by atomic mass is 35.5. The van der Waals surface area contributed by atoms with Crippen molar-refractivity contribution in [1.82, 2.24) is 10.3 Å². The van der Waals surface area contributed by atoms with E-state index in [9.17, 15) is 0 Å². The number of aryl methyl sites for hydroxylation is 1. The average Bonchev–Trinajstić information content (AvgIpc) is 3.16. The van der Waals surface area contributed by atoms with E-state index in [1.54, 1.807) is 11.3 Å². The van der Waals surface area contributed by atoms with Crippen LogP contribution in [0.4, 0.5) is 0 Å². The Labute approximate surface area is 127 Å². The van der Waals surface area contributed by atoms with Crippen LogP contribution in [0.3, 0.4) is 0 Å². The van der Waals surface area contributed by atoms with E-state index in [4.69, 9.17) is 16.3 Å². The Kier molecular flexibility index (Phi) is 4.24. The summed E-state index contributed by atoms with van der Waals surface area (Å²) in [6.45, 7) is 3.37. The number of thiazole rings is 1. The molecule has 0 saturated heterocycles. The molecule has 3 rings (SSSR count). The quantitative estimate of drug-likeness (QED) is 0.878. The maximum absolute atomic E-state index is 5.98. The largest absolute Gasteiger partial charge is 0.487 e. The van der Waals surface area contributed by atoms with E-state index in [1.807, 2.05) is 25.1 Å². The van der Waals surface area contributed by atoms with Gasteiger partial charge in [0, 0.05) is 23.0 Å². The van der Waals surface area contributed by atoms with Crippen molar-refractivity contribution in [3.8, 4) is 5.75 Å². The smallest absolute Gasteiger partial charge is 0.131 e. The monoisotopic (exact) mass is 308 g/mol. The standard InChI is InChI=1S/C15H17ClN2OS/c1-10-2-3-11(16)6-14(10)19-8-13-9-20-15(18-13)7-17-12-4-5-12/h2-3,6,9,12,17H,4-5,7-8H2,1H3. The second-order valence-electron chi connectivity index (χ2n) is 5.09. The van der Waals surface area contributed by atoms with Crippen LogP contribution < -0.4 is 10.1 Å². The Bertz CT molecular complexity index is 595. The Morgan fingerprint density at radius 2 is 2.30 bits per heavy atom. The normalized spacial score (nSPS) is 14.5. The third kappa shape index (κ3) is 3.72. The van der Waals surface area contributed by atoms with Gasteiger partial charge in [-0.1, -0.05) is 17.7 Å². The van der Waals surface area contributed by atoms with Crippen molar-refractivity contribution >= 4 is 22.9 Å². The van der Waals surface area contributed by atoms with Crippen LogP contribution >= 0.6 is 22.9 Å². The second-order valence-corrected chi connectivity index (χ2v) is 6.47. The molecule has 0 atom stereocenters. The summed E-state index contributed by atoms with van der Waals surface area (Å²) >= 11 is 7.66. The minimum absolute atomic E-state index is 0.487. The molecule has 0 spiro atoms. The van der Waals surface area contributed by atoms with E-state index in [0.717, 1.165) is 28.6 Å². The first-order valence-corrected chi connectivity index (χ1v) is 8.02. The molecular formula is C15H17ClN2OS. The maximum Gasteiger partial charge on any atom is 0.131 e. The number of hydrogen-bond acceptors (Lipinski definition) is 4. The Morgan fingerprint density at radius 3 is 3.10 bits per heavy atom. The van der Waals surface area contributed by atoms with Gasteiger partial charge in [-0.3, -0.25) is 0 Å². The minimum atomic E-state index is 0.487. The van der Waals surface area contributed by atoms with Gasteiger partial charge in [-0.2, -0.15) is 0 Å². The predicted octanol–water partition coefficient (Wildman–Crippen LogP) is 3.94. The summed E-state index contributed by atoms with van der Waals surface area (Å²) in [6.07, 6.45) is 2.60. The van der Waals surface area contributed by atoms with Crippen molar-refractivity contribution in [2.45, 2.75) is 39.0 Å². The molecule has 1 aromatic heterocycles. The van der Waals surface area contributed by atoms with E-state index < -0.39 is 0 Å². The molecule has 0 unspecified atom stereocenters. The summed E-state index contributed by atoms with van der Waals surface area (Å²) in [7, 11) is 0. The fourth-order valence-electron chi connectivity index (χ4n) is 1.90. The summed E-state index contributed by atoms with van der Waals surface area (Å²) in [4.78, 5) is 4.58. The molecule has 1 N–H and O–H groups in total. The van der Waals surface area contributed by atoms with Crippen LogP contribution in [0.15, 0.2) is 23.6 Å². The van der Waals surface area contributed by atoms with Crippen LogP contribution in [0.5, 0.6) is 5.75 Å². The number of hydrogen-bond donors (Lipinski definition) is 1. The Balaban J connectivity index is 1.55. The molecule has 2 aromatic rings. The van der Waals surface area contributed by atoms with Gasteiger partial charge in [0.05, 0.1) is 5.69 Å². The lowest BCUT2D eigenvalue weighted by Crippen LogP contribution is -2.15. The van der Waals surface area contributed by atoms with E-state index in [0.29, 0.717) is 17.7 Å². The molecule has 106 valence electrons.